The predicted molar refractivity (Wildman–Crippen MR) is 103 cm³/mol. The fourth-order valence-corrected chi connectivity index (χ4v) is 3.51. The van der Waals surface area contributed by atoms with Crippen LogP contribution < -0.4 is 10.1 Å². The summed E-state index contributed by atoms with van der Waals surface area (Å²) in [6, 6.07) is 16.0. The van der Waals surface area contributed by atoms with Gasteiger partial charge in [-0.15, -0.1) is 0 Å². The van der Waals surface area contributed by atoms with Crippen molar-refractivity contribution in [2.75, 3.05) is 14.2 Å². The molecule has 0 radical (unpaired) electrons. The minimum absolute atomic E-state index is 0.0806. The number of amides is 1. The van der Waals surface area contributed by atoms with Crippen LogP contribution in [0.4, 0.5) is 0 Å². The lowest BCUT2D eigenvalue weighted by Gasteiger charge is -2.11. The predicted octanol–water partition coefficient (Wildman–Crippen LogP) is 4.00. The van der Waals surface area contributed by atoms with Crippen molar-refractivity contribution in [1.82, 2.24) is 10.3 Å². The molecule has 1 amide bonds. The first-order valence-corrected chi connectivity index (χ1v) is 8.61. The molecule has 0 unspecified atom stereocenters. The average Bonchev–Trinajstić information content (AvgIpc) is 3.04. The van der Waals surface area contributed by atoms with Crippen LogP contribution in [0.3, 0.4) is 0 Å². The number of aromatic nitrogens is 1. The Kier molecular flexibility index (Phi) is 3.96. The molecule has 2 aromatic carbocycles. The summed E-state index contributed by atoms with van der Waals surface area (Å²) in [5.41, 5.74) is 7.91. The van der Waals surface area contributed by atoms with Crippen LogP contribution in [0, 0.1) is 6.92 Å². The van der Waals surface area contributed by atoms with Crippen molar-refractivity contribution in [3.8, 4) is 28.3 Å². The maximum atomic E-state index is 12.5. The molecule has 130 valence electrons. The molecule has 0 fully saturated rings. The Morgan fingerprint density at radius 2 is 1.88 bits per heavy atom. The normalized spacial score (nSPS) is 11.7. The molecule has 0 bridgehead atoms. The number of hydrogen-bond donors (Lipinski definition) is 1. The third kappa shape index (κ3) is 2.64. The van der Waals surface area contributed by atoms with Crippen LogP contribution in [0.1, 0.15) is 27.0 Å². The number of nitrogens with one attached hydrogen (secondary N) is 1. The highest BCUT2D eigenvalue weighted by molar-refractivity contribution is 5.99. The first-order valence-electron chi connectivity index (χ1n) is 8.61. The molecule has 0 saturated carbocycles. The van der Waals surface area contributed by atoms with E-state index >= 15 is 0 Å². The van der Waals surface area contributed by atoms with Gasteiger partial charge in [-0.3, -0.25) is 4.79 Å². The van der Waals surface area contributed by atoms with E-state index in [4.69, 9.17) is 9.72 Å². The Labute approximate surface area is 152 Å². The van der Waals surface area contributed by atoms with Gasteiger partial charge in [0.25, 0.3) is 5.91 Å². The van der Waals surface area contributed by atoms with E-state index in [-0.39, 0.29) is 5.91 Å². The second-order valence-corrected chi connectivity index (χ2v) is 6.53. The molecule has 3 aromatic rings. The van der Waals surface area contributed by atoms with Crippen molar-refractivity contribution in [2.24, 2.45) is 0 Å². The van der Waals surface area contributed by atoms with Gasteiger partial charge in [0, 0.05) is 30.2 Å². The quantitative estimate of drug-likeness (QED) is 0.611. The Morgan fingerprint density at radius 1 is 1.12 bits per heavy atom. The summed E-state index contributed by atoms with van der Waals surface area (Å²) in [5.74, 6) is 0.713. The maximum Gasteiger partial charge on any atom is 0.251 e. The molecule has 1 aromatic heterocycles. The lowest BCUT2D eigenvalue weighted by molar-refractivity contribution is 0.0962. The van der Waals surface area contributed by atoms with E-state index in [2.05, 4.69) is 30.4 Å². The lowest BCUT2D eigenvalue weighted by Crippen LogP contribution is -2.20. The molecular formula is C22H20N2O2. The lowest BCUT2D eigenvalue weighted by atomic mass is 10.0. The summed E-state index contributed by atoms with van der Waals surface area (Å²) in [5, 5.41) is 2.76. The Bertz CT molecular complexity index is 1010. The zero-order valence-electron chi connectivity index (χ0n) is 15.1. The largest absolute Gasteiger partial charge is 0.497 e. The number of carbonyl (C=O) groups excluding carboxylic acids is 1. The van der Waals surface area contributed by atoms with Crippen molar-refractivity contribution in [3.05, 3.63) is 70.8 Å². The number of carbonyl (C=O) groups is 1. The smallest absolute Gasteiger partial charge is 0.251 e. The first kappa shape index (κ1) is 16.3. The van der Waals surface area contributed by atoms with Gasteiger partial charge in [0.15, 0.2) is 0 Å². The summed E-state index contributed by atoms with van der Waals surface area (Å²) < 4.78 is 5.23. The topological polar surface area (TPSA) is 51.2 Å². The Hall–Kier alpha value is -3.14. The highest BCUT2D eigenvalue weighted by Gasteiger charge is 2.26. The van der Waals surface area contributed by atoms with Crippen molar-refractivity contribution < 1.29 is 9.53 Å². The van der Waals surface area contributed by atoms with Crippen molar-refractivity contribution >= 4 is 5.91 Å². The second-order valence-electron chi connectivity index (χ2n) is 6.53. The number of fused-ring (bicyclic) bond motifs is 3. The molecule has 1 aliphatic rings. The molecule has 1 heterocycles. The van der Waals surface area contributed by atoms with E-state index in [9.17, 15) is 4.79 Å². The number of rotatable bonds is 3. The van der Waals surface area contributed by atoms with Gasteiger partial charge >= 0.3 is 0 Å². The molecule has 0 aliphatic heterocycles. The van der Waals surface area contributed by atoms with Gasteiger partial charge in [-0.1, -0.05) is 23.8 Å². The van der Waals surface area contributed by atoms with Crippen LogP contribution >= 0.6 is 0 Å². The molecule has 0 atom stereocenters. The number of methoxy groups -OCH3 is 1. The van der Waals surface area contributed by atoms with Crippen LogP contribution in [0.5, 0.6) is 5.75 Å². The second kappa shape index (κ2) is 6.30. The van der Waals surface area contributed by atoms with E-state index in [1.807, 2.05) is 30.3 Å². The molecule has 4 rings (SSSR count). The molecule has 1 aliphatic carbocycles. The SMILES string of the molecule is CNC(=O)c1cc(-c2ccc(OC)cc2)nc2c1Cc1cc(C)ccc1-2. The van der Waals surface area contributed by atoms with Crippen LogP contribution in [-0.4, -0.2) is 25.0 Å². The van der Waals surface area contributed by atoms with Gasteiger partial charge in [0.2, 0.25) is 0 Å². The maximum absolute atomic E-state index is 12.5. The summed E-state index contributed by atoms with van der Waals surface area (Å²) >= 11 is 0. The first-order chi connectivity index (χ1) is 12.6. The standard InChI is InChI=1S/C22H20N2O2/c1-13-4-9-17-15(10-13)11-18-19(22(25)23-2)12-20(24-21(17)18)14-5-7-16(26-3)8-6-14/h4-10,12H,11H2,1-3H3,(H,23,25). The molecule has 26 heavy (non-hydrogen) atoms. The van der Waals surface area contributed by atoms with E-state index in [0.717, 1.165) is 40.2 Å². The van der Waals surface area contributed by atoms with Crippen molar-refractivity contribution in [2.45, 2.75) is 13.3 Å². The molecule has 1 N–H and O–H groups in total. The van der Waals surface area contributed by atoms with Gasteiger partial charge in [-0.25, -0.2) is 4.98 Å². The summed E-state index contributed by atoms with van der Waals surface area (Å²) in [6.07, 6.45) is 0.741. The van der Waals surface area contributed by atoms with Gasteiger partial charge in [-0.2, -0.15) is 0 Å². The summed E-state index contributed by atoms with van der Waals surface area (Å²) in [4.78, 5) is 17.4. The van der Waals surface area contributed by atoms with E-state index in [1.165, 1.54) is 11.1 Å². The van der Waals surface area contributed by atoms with Gasteiger partial charge in [-0.05, 0) is 48.4 Å². The summed E-state index contributed by atoms with van der Waals surface area (Å²) in [7, 11) is 3.31. The highest BCUT2D eigenvalue weighted by Crippen LogP contribution is 2.39. The number of benzene rings is 2. The number of aryl methyl sites for hydroxylation is 1. The number of pyridine rings is 1. The molecule has 0 spiro atoms. The van der Waals surface area contributed by atoms with Crippen LogP contribution in [0.15, 0.2) is 48.5 Å². The fraction of sp³-hybridized carbons (Fsp3) is 0.182. The Morgan fingerprint density at radius 3 is 2.58 bits per heavy atom. The van der Waals surface area contributed by atoms with E-state index in [1.54, 1.807) is 14.2 Å². The zero-order chi connectivity index (χ0) is 18.3. The number of hydrogen-bond acceptors (Lipinski definition) is 3. The van der Waals surface area contributed by atoms with Gasteiger partial charge in [0.1, 0.15) is 5.75 Å². The minimum atomic E-state index is -0.0806. The molecule has 4 heteroatoms. The van der Waals surface area contributed by atoms with Crippen LogP contribution in [0.25, 0.3) is 22.5 Å². The third-order valence-corrected chi connectivity index (χ3v) is 4.86. The monoisotopic (exact) mass is 344 g/mol. The van der Waals surface area contributed by atoms with Crippen molar-refractivity contribution in [1.29, 1.82) is 0 Å². The van der Waals surface area contributed by atoms with Gasteiger partial charge in [0.05, 0.1) is 18.5 Å². The molecule has 0 saturated heterocycles. The average molecular weight is 344 g/mol. The van der Waals surface area contributed by atoms with E-state index in [0.29, 0.717) is 5.56 Å². The number of ether oxygens (including phenoxy) is 1. The zero-order valence-corrected chi connectivity index (χ0v) is 15.1. The number of nitrogens with zero attached hydrogens (tertiary/aromatic N) is 1. The molecular weight excluding hydrogens is 324 g/mol. The van der Waals surface area contributed by atoms with Crippen molar-refractivity contribution in [3.63, 3.8) is 0 Å². The van der Waals surface area contributed by atoms with Crippen LogP contribution in [0.2, 0.25) is 0 Å². The third-order valence-electron chi connectivity index (χ3n) is 4.86. The fourth-order valence-electron chi connectivity index (χ4n) is 3.51. The molecule has 4 nitrogen and oxygen atoms in total. The Balaban J connectivity index is 1.91. The minimum Gasteiger partial charge on any atom is -0.497 e. The van der Waals surface area contributed by atoms with Gasteiger partial charge < -0.3 is 10.1 Å². The van der Waals surface area contributed by atoms with Crippen LogP contribution in [-0.2, 0) is 6.42 Å². The van der Waals surface area contributed by atoms with E-state index < -0.39 is 0 Å². The highest BCUT2D eigenvalue weighted by atomic mass is 16.5. The summed E-state index contributed by atoms with van der Waals surface area (Å²) in [6.45, 7) is 2.08.